The summed E-state index contributed by atoms with van der Waals surface area (Å²) in [5.41, 5.74) is 0. The average molecular weight is 385 g/mol. The SMILES string of the molecule is CCOc1ccc(S(=O)(=O)NCC(=O)Nc2ccccn2)c2ccccc12. The van der Waals surface area contributed by atoms with E-state index in [0.717, 1.165) is 0 Å². The van der Waals surface area contributed by atoms with Gasteiger partial charge in [0.2, 0.25) is 15.9 Å². The molecule has 0 saturated carbocycles. The van der Waals surface area contributed by atoms with E-state index in [4.69, 9.17) is 4.74 Å². The van der Waals surface area contributed by atoms with E-state index in [1.54, 1.807) is 42.5 Å². The Hall–Kier alpha value is -2.97. The maximum atomic E-state index is 12.7. The van der Waals surface area contributed by atoms with Crippen molar-refractivity contribution in [3.63, 3.8) is 0 Å². The van der Waals surface area contributed by atoms with Crippen molar-refractivity contribution in [3.8, 4) is 5.75 Å². The molecule has 140 valence electrons. The van der Waals surface area contributed by atoms with Crippen LogP contribution in [-0.4, -0.2) is 32.5 Å². The highest BCUT2D eigenvalue weighted by molar-refractivity contribution is 7.89. The minimum absolute atomic E-state index is 0.0900. The average Bonchev–Trinajstić information content (AvgIpc) is 2.68. The van der Waals surface area contributed by atoms with Gasteiger partial charge in [-0.2, -0.15) is 0 Å². The minimum atomic E-state index is -3.89. The molecule has 27 heavy (non-hydrogen) atoms. The van der Waals surface area contributed by atoms with Gasteiger partial charge in [-0.1, -0.05) is 30.3 Å². The second-order valence-corrected chi connectivity index (χ2v) is 7.36. The standard InChI is InChI=1S/C19H19N3O4S/c1-2-26-16-10-11-17(15-8-4-3-7-14(15)16)27(24,25)21-13-19(23)22-18-9-5-6-12-20-18/h3-12,21H,2,13H2,1H3,(H,20,22,23). The Labute approximate surface area is 157 Å². The zero-order chi connectivity index (χ0) is 19.3. The third-order valence-corrected chi connectivity index (χ3v) is 5.25. The molecule has 1 aromatic heterocycles. The van der Waals surface area contributed by atoms with Crippen molar-refractivity contribution in [3.05, 3.63) is 60.8 Å². The Kier molecular flexibility index (Phi) is 5.68. The summed E-state index contributed by atoms with van der Waals surface area (Å²) < 4.78 is 33.3. The third kappa shape index (κ3) is 4.42. The van der Waals surface area contributed by atoms with Gasteiger partial charge < -0.3 is 10.1 Å². The van der Waals surface area contributed by atoms with Crippen LogP contribution in [-0.2, 0) is 14.8 Å². The van der Waals surface area contributed by atoms with Crippen molar-refractivity contribution < 1.29 is 17.9 Å². The molecule has 0 aliphatic carbocycles. The first-order valence-corrected chi connectivity index (χ1v) is 9.84. The zero-order valence-electron chi connectivity index (χ0n) is 14.7. The van der Waals surface area contributed by atoms with Gasteiger partial charge in [0.1, 0.15) is 11.6 Å². The minimum Gasteiger partial charge on any atom is -0.493 e. The molecule has 7 nitrogen and oxygen atoms in total. The zero-order valence-corrected chi connectivity index (χ0v) is 15.5. The van der Waals surface area contributed by atoms with E-state index in [9.17, 15) is 13.2 Å². The van der Waals surface area contributed by atoms with E-state index >= 15 is 0 Å². The molecule has 8 heteroatoms. The number of hydrogen-bond acceptors (Lipinski definition) is 5. The summed E-state index contributed by atoms with van der Waals surface area (Å²) >= 11 is 0. The fraction of sp³-hybridized carbons (Fsp3) is 0.158. The highest BCUT2D eigenvalue weighted by Gasteiger charge is 2.20. The molecule has 0 fully saturated rings. The van der Waals surface area contributed by atoms with Crippen molar-refractivity contribution in [1.29, 1.82) is 0 Å². The van der Waals surface area contributed by atoms with E-state index in [1.807, 2.05) is 13.0 Å². The molecule has 1 amide bonds. The second kappa shape index (κ2) is 8.15. The third-order valence-electron chi connectivity index (χ3n) is 3.79. The highest BCUT2D eigenvalue weighted by atomic mass is 32.2. The number of sulfonamides is 1. The van der Waals surface area contributed by atoms with Crippen LogP contribution < -0.4 is 14.8 Å². The van der Waals surface area contributed by atoms with Gasteiger partial charge in [-0.15, -0.1) is 0 Å². The molecule has 0 spiro atoms. The maximum Gasteiger partial charge on any atom is 0.241 e. The number of ether oxygens (including phenoxy) is 1. The highest BCUT2D eigenvalue weighted by Crippen LogP contribution is 2.30. The fourth-order valence-corrected chi connectivity index (χ4v) is 3.81. The van der Waals surface area contributed by atoms with Crippen molar-refractivity contribution >= 4 is 32.5 Å². The van der Waals surface area contributed by atoms with E-state index < -0.39 is 22.5 Å². The van der Waals surface area contributed by atoms with Gasteiger partial charge in [0.15, 0.2) is 0 Å². The van der Waals surface area contributed by atoms with Gasteiger partial charge in [0.25, 0.3) is 0 Å². The van der Waals surface area contributed by atoms with Crippen LogP contribution in [0.15, 0.2) is 65.7 Å². The topological polar surface area (TPSA) is 97.4 Å². The van der Waals surface area contributed by atoms with Crippen molar-refractivity contribution in [1.82, 2.24) is 9.71 Å². The molecule has 0 radical (unpaired) electrons. The predicted molar refractivity (Wildman–Crippen MR) is 103 cm³/mol. The van der Waals surface area contributed by atoms with Crippen LogP contribution in [0, 0.1) is 0 Å². The Balaban J connectivity index is 1.81. The van der Waals surface area contributed by atoms with Crippen molar-refractivity contribution in [2.75, 3.05) is 18.5 Å². The van der Waals surface area contributed by atoms with Crippen LogP contribution in [0.2, 0.25) is 0 Å². The molecule has 3 aromatic rings. The van der Waals surface area contributed by atoms with Crippen molar-refractivity contribution in [2.24, 2.45) is 0 Å². The monoisotopic (exact) mass is 385 g/mol. The molecule has 2 aromatic carbocycles. The smallest absolute Gasteiger partial charge is 0.241 e. The first kappa shape index (κ1) is 18.8. The van der Waals surface area contributed by atoms with Crippen molar-refractivity contribution in [2.45, 2.75) is 11.8 Å². The molecule has 0 saturated heterocycles. The number of amides is 1. The Bertz CT molecular complexity index is 1050. The van der Waals surface area contributed by atoms with Crippen LogP contribution >= 0.6 is 0 Å². The number of carbonyl (C=O) groups excluding carboxylic acids is 1. The lowest BCUT2D eigenvalue weighted by molar-refractivity contribution is -0.115. The summed E-state index contributed by atoms with van der Waals surface area (Å²) in [5.74, 6) is 0.459. The number of fused-ring (bicyclic) bond motifs is 1. The molecular weight excluding hydrogens is 366 g/mol. The van der Waals surface area contributed by atoms with Gasteiger partial charge in [-0.05, 0) is 31.2 Å². The molecular formula is C19H19N3O4S. The van der Waals surface area contributed by atoms with Crippen LogP contribution in [0.1, 0.15) is 6.92 Å². The van der Waals surface area contributed by atoms with E-state index in [2.05, 4.69) is 15.0 Å². The number of aromatic nitrogens is 1. The summed E-state index contributed by atoms with van der Waals surface area (Å²) in [7, 11) is -3.89. The lowest BCUT2D eigenvalue weighted by Gasteiger charge is -2.13. The van der Waals surface area contributed by atoms with Crippen LogP contribution in [0.25, 0.3) is 10.8 Å². The molecule has 3 rings (SSSR count). The molecule has 1 heterocycles. The van der Waals surface area contributed by atoms with Gasteiger partial charge in [-0.3, -0.25) is 4.79 Å². The fourth-order valence-electron chi connectivity index (χ4n) is 2.62. The summed E-state index contributed by atoms with van der Waals surface area (Å²) in [5, 5.41) is 3.76. The molecule has 0 atom stereocenters. The van der Waals surface area contributed by atoms with E-state index in [0.29, 0.717) is 28.9 Å². The Morgan fingerprint density at radius 1 is 1.04 bits per heavy atom. The van der Waals surface area contributed by atoms with Crippen LogP contribution in [0.5, 0.6) is 5.75 Å². The maximum absolute atomic E-state index is 12.7. The number of rotatable bonds is 7. The number of nitrogens with zero attached hydrogens (tertiary/aromatic N) is 1. The summed E-state index contributed by atoms with van der Waals surface area (Å²) in [4.78, 5) is 16.1. The normalized spacial score (nSPS) is 11.3. The quantitative estimate of drug-likeness (QED) is 0.651. The lowest BCUT2D eigenvalue weighted by atomic mass is 10.1. The number of pyridine rings is 1. The van der Waals surface area contributed by atoms with Gasteiger partial charge in [-0.25, -0.2) is 18.1 Å². The largest absolute Gasteiger partial charge is 0.493 e. The molecule has 0 unspecified atom stereocenters. The summed E-state index contributed by atoms with van der Waals surface area (Å²) in [6.07, 6.45) is 1.53. The van der Waals surface area contributed by atoms with Gasteiger partial charge in [0, 0.05) is 17.0 Å². The number of hydrogen-bond donors (Lipinski definition) is 2. The molecule has 0 aliphatic rings. The Morgan fingerprint density at radius 3 is 2.48 bits per heavy atom. The number of nitrogens with one attached hydrogen (secondary N) is 2. The van der Waals surface area contributed by atoms with Gasteiger partial charge >= 0.3 is 0 Å². The number of anilines is 1. The summed E-state index contributed by atoms with van der Waals surface area (Å²) in [6, 6.07) is 15.2. The second-order valence-electron chi connectivity index (χ2n) is 5.63. The van der Waals surface area contributed by atoms with Crippen LogP contribution in [0.3, 0.4) is 0 Å². The molecule has 0 aliphatic heterocycles. The number of benzene rings is 2. The number of carbonyl (C=O) groups is 1. The molecule has 0 bridgehead atoms. The predicted octanol–water partition coefficient (Wildman–Crippen LogP) is 2.55. The molecule has 2 N–H and O–H groups in total. The summed E-state index contributed by atoms with van der Waals surface area (Å²) in [6.45, 7) is 1.93. The lowest BCUT2D eigenvalue weighted by Crippen LogP contribution is -2.33. The Morgan fingerprint density at radius 2 is 1.78 bits per heavy atom. The van der Waals surface area contributed by atoms with Gasteiger partial charge in [0.05, 0.1) is 18.0 Å². The van der Waals surface area contributed by atoms with Crippen LogP contribution in [0.4, 0.5) is 5.82 Å². The first-order chi connectivity index (χ1) is 13.0. The first-order valence-electron chi connectivity index (χ1n) is 8.36. The van der Waals surface area contributed by atoms with E-state index in [1.165, 1.54) is 12.3 Å². The van der Waals surface area contributed by atoms with E-state index in [-0.39, 0.29) is 4.90 Å².